The molecular weight excluding hydrogens is 366 g/mol. The molecule has 0 saturated heterocycles. The van der Waals surface area contributed by atoms with E-state index < -0.39 is 11.4 Å². The average Bonchev–Trinajstić information content (AvgIpc) is 2.72. The minimum atomic E-state index is -0.817. The topological polar surface area (TPSA) is 84.9 Å². The maximum atomic E-state index is 11.8. The van der Waals surface area contributed by atoms with E-state index in [0.717, 1.165) is 17.3 Å². The number of carbonyl (C=O) groups excluding carboxylic acids is 2. The van der Waals surface area contributed by atoms with Crippen LogP contribution in [0.1, 0.15) is 17.2 Å². The fourth-order valence-corrected chi connectivity index (χ4v) is 3.24. The van der Waals surface area contributed by atoms with Crippen LogP contribution in [0.3, 0.4) is 0 Å². The first-order chi connectivity index (χ1) is 13.1. The largest absolute Gasteiger partial charge is 0.496 e. The van der Waals surface area contributed by atoms with Crippen molar-refractivity contribution >= 4 is 23.3 Å². The Morgan fingerprint density at radius 2 is 1.93 bits per heavy atom. The van der Waals surface area contributed by atoms with Crippen LogP contribution in [0.5, 0.6) is 11.5 Å². The van der Waals surface area contributed by atoms with Crippen molar-refractivity contribution in [1.82, 2.24) is 5.32 Å². The van der Waals surface area contributed by atoms with Gasteiger partial charge in [0.25, 0.3) is 0 Å². The molecule has 0 aliphatic heterocycles. The van der Waals surface area contributed by atoms with E-state index >= 15 is 0 Å². The van der Waals surface area contributed by atoms with Gasteiger partial charge in [-0.1, -0.05) is 42.1 Å². The lowest BCUT2D eigenvalue weighted by atomic mass is 10.1. The summed E-state index contributed by atoms with van der Waals surface area (Å²) in [7, 11) is 3.10. The molecule has 6 nitrogen and oxygen atoms in total. The van der Waals surface area contributed by atoms with Crippen LogP contribution in [0.15, 0.2) is 48.5 Å². The molecule has 2 unspecified atom stereocenters. The van der Waals surface area contributed by atoms with Gasteiger partial charge >= 0.3 is 0 Å². The van der Waals surface area contributed by atoms with Crippen molar-refractivity contribution in [2.45, 2.75) is 17.8 Å². The highest BCUT2D eigenvalue weighted by Crippen LogP contribution is 2.25. The second kappa shape index (κ2) is 10.6. The molecule has 1 amide bonds. The van der Waals surface area contributed by atoms with Gasteiger partial charge < -0.3 is 19.9 Å². The van der Waals surface area contributed by atoms with Gasteiger partial charge in [-0.05, 0) is 30.2 Å². The Balaban J connectivity index is 1.95. The Morgan fingerprint density at radius 1 is 1.22 bits per heavy atom. The second-order valence-electron chi connectivity index (χ2n) is 5.75. The summed E-state index contributed by atoms with van der Waals surface area (Å²) in [5.41, 5.74) is 2.25. The highest BCUT2D eigenvalue weighted by atomic mass is 32.2. The predicted octanol–water partition coefficient (Wildman–Crippen LogP) is 2.39. The Bertz CT molecular complexity index is 750. The highest BCUT2D eigenvalue weighted by Gasteiger charge is 2.18. The number of carbonyl (C=O) groups is 2. The summed E-state index contributed by atoms with van der Waals surface area (Å²) in [4.78, 5) is 22.5. The molecule has 0 heterocycles. The molecule has 0 fully saturated rings. The van der Waals surface area contributed by atoms with Gasteiger partial charge in [-0.15, -0.1) is 0 Å². The minimum Gasteiger partial charge on any atom is -0.496 e. The number of ether oxygens (including phenoxy) is 2. The first-order valence-corrected chi connectivity index (χ1v) is 9.36. The third-order valence-electron chi connectivity index (χ3n) is 4.01. The normalized spacial score (nSPS) is 12.7. The molecule has 2 aromatic carbocycles. The van der Waals surface area contributed by atoms with Crippen LogP contribution < -0.4 is 14.8 Å². The molecule has 0 bridgehead atoms. The van der Waals surface area contributed by atoms with E-state index in [-0.39, 0.29) is 12.5 Å². The fraction of sp³-hybridized carbons (Fsp3) is 0.300. The lowest BCUT2D eigenvalue weighted by Gasteiger charge is -2.16. The zero-order valence-corrected chi connectivity index (χ0v) is 16.1. The Labute approximate surface area is 162 Å². The molecule has 144 valence electrons. The monoisotopic (exact) mass is 389 g/mol. The van der Waals surface area contributed by atoms with Crippen LogP contribution in [0.2, 0.25) is 0 Å². The first-order valence-electron chi connectivity index (χ1n) is 8.42. The third kappa shape index (κ3) is 6.01. The zero-order chi connectivity index (χ0) is 19.6. The maximum Gasteiger partial charge on any atom is 0.233 e. The second-order valence-corrected chi connectivity index (χ2v) is 6.79. The van der Waals surface area contributed by atoms with Gasteiger partial charge in [0.15, 0.2) is 5.62 Å². The average molecular weight is 389 g/mol. The van der Waals surface area contributed by atoms with E-state index in [0.29, 0.717) is 29.1 Å². The molecular formula is C20H23NO5S. The molecule has 2 rings (SSSR count). The first kappa shape index (κ1) is 20.8. The number of para-hydroxylation sites is 1. The summed E-state index contributed by atoms with van der Waals surface area (Å²) >= 11 is 0.955. The molecule has 0 saturated carbocycles. The highest BCUT2D eigenvalue weighted by molar-refractivity contribution is 8.13. The van der Waals surface area contributed by atoms with Crippen molar-refractivity contribution in [1.29, 1.82) is 0 Å². The van der Waals surface area contributed by atoms with Crippen molar-refractivity contribution in [3.8, 4) is 11.5 Å². The number of aliphatic hydroxyl groups is 1. The molecule has 0 radical (unpaired) electrons. The zero-order valence-electron chi connectivity index (χ0n) is 15.3. The van der Waals surface area contributed by atoms with Crippen molar-refractivity contribution in [3.63, 3.8) is 0 Å². The quantitative estimate of drug-likeness (QED) is 0.607. The number of benzene rings is 2. The molecule has 0 aliphatic carbocycles. The standard InChI is InChI=1S/C20H23NO5S/c1-21-20(24)19(27-13-22)11-14-7-9-15(10-8-14)26-12-17(23)16-5-3-4-6-18(16)25-2/h3-10,13,17,19,23H,11-12H2,1-2H3,(H,21,24). The molecule has 0 aliphatic rings. The van der Waals surface area contributed by atoms with Crippen molar-refractivity contribution < 1.29 is 24.2 Å². The summed E-state index contributed by atoms with van der Waals surface area (Å²) in [6.45, 7) is 0.0849. The predicted molar refractivity (Wildman–Crippen MR) is 106 cm³/mol. The summed E-state index contributed by atoms with van der Waals surface area (Å²) in [5.74, 6) is 1.02. The van der Waals surface area contributed by atoms with Crippen LogP contribution >= 0.6 is 11.8 Å². The van der Waals surface area contributed by atoms with Gasteiger partial charge in [-0.25, -0.2) is 0 Å². The fourth-order valence-electron chi connectivity index (χ4n) is 2.57. The van der Waals surface area contributed by atoms with E-state index in [1.54, 1.807) is 38.4 Å². The minimum absolute atomic E-state index is 0.0849. The van der Waals surface area contributed by atoms with Crippen LogP contribution in [-0.2, 0) is 16.0 Å². The third-order valence-corrected chi connectivity index (χ3v) is 4.83. The van der Waals surface area contributed by atoms with Crippen LogP contribution in [-0.4, -0.2) is 42.6 Å². The van der Waals surface area contributed by atoms with E-state index in [4.69, 9.17) is 9.47 Å². The molecule has 2 atom stereocenters. The van der Waals surface area contributed by atoms with Gasteiger partial charge in [-0.2, -0.15) is 0 Å². The van der Waals surface area contributed by atoms with Crippen molar-refractivity contribution in [2.24, 2.45) is 0 Å². The molecule has 0 spiro atoms. The summed E-state index contributed by atoms with van der Waals surface area (Å²) in [5, 5.41) is 12.4. The lowest BCUT2D eigenvalue weighted by molar-refractivity contribution is -0.120. The van der Waals surface area contributed by atoms with Crippen LogP contribution in [0.25, 0.3) is 0 Å². The smallest absolute Gasteiger partial charge is 0.233 e. The van der Waals surface area contributed by atoms with Gasteiger partial charge in [-0.3, -0.25) is 9.59 Å². The molecule has 0 aromatic heterocycles. The van der Waals surface area contributed by atoms with Gasteiger partial charge in [0, 0.05) is 12.6 Å². The number of methoxy groups -OCH3 is 1. The number of hydrogen-bond acceptors (Lipinski definition) is 6. The van der Waals surface area contributed by atoms with Crippen LogP contribution in [0.4, 0.5) is 0 Å². The van der Waals surface area contributed by atoms with Crippen molar-refractivity contribution in [2.75, 3.05) is 20.8 Å². The Kier molecular flexibility index (Phi) is 8.16. The number of thioether (sulfide) groups is 1. The van der Waals surface area contributed by atoms with Crippen molar-refractivity contribution in [3.05, 3.63) is 59.7 Å². The molecule has 7 heteroatoms. The van der Waals surface area contributed by atoms with E-state index in [1.165, 1.54) is 0 Å². The number of aliphatic hydroxyl groups excluding tert-OH is 1. The number of hydrogen-bond donors (Lipinski definition) is 2. The van der Waals surface area contributed by atoms with E-state index in [1.807, 2.05) is 24.3 Å². The summed E-state index contributed by atoms with van der Waals surface area (Å²) < 4.78 is 10.9. The van der Waals surface area contributed by atoms with E-state index in [2.05, 4.69) is 5.32 Å². The van der Waals surface area contributed by atoms with Gasteiger partial charge in [0.1, 0.15) is 24.2 Å². The van der Waals surface area contributed by atoms with Gasteiger partial charge in [0.05, 0.1) is 12.4 Å². The van der Waals surface area contributed by atoms with E-state index in [9.17, 15) is 14.7 Å². The SMILES string of the molecule is CNC(=O)C(Cc1ccc(OCC(O)c2ccccc2OC)cc1)SC=O. The number of nitrogens with one attached hydrogen (secondary N) is 1. The van der Waals surface area contributed by atoms with Crippen LogP contribution in [0, 0.1) is 0 Å². The summed E-state index contributed by atoms with van der Waals surface area (Å²) in [6, 6.07) is 14.5. The number of rotatable bonds is 10. The summed E-state index contributed by atoms with van der Waals surface area (Å²) in [6.07, 6.45) is -0.379. The molecule has 2 aromatic rings. The molecule has 27 heavy (non-hydrogen) atoms. The molecule has 2 N–H and O–H groups in total. The Morgan fingerprint density at radius 3 is 2.56 bits per heavy atom. The van der Waals surface area contributed by atoms with Gasteiger partial charge in [0.2, 0.25) is 5.91 Å². The number of amides is 1. The lowest BCUT2D eigenvalue weighted by Crippen LogP contribution is -2.31. The maximum absolute atomic E-state index is 11.8. The Hall–Kier alpha value is -2.51.